The summed E-state index contributed by atoms with van der Waals surface area (Å²) in [7, 11) is 1.61. The third-order valence-electron chi connectivity index (χ3n) is 2.13. The van der Waals surface area contributed by atoms with Gasteiger partial charge in [-0.3, -0.25) is 0 Å². The second-order valence-corrected chi connectivity index (χ2v) is 3.11. The highest BCUT2D eigenvalue weighted by atomic mass is 16.5. The SMILES string of the molecule is COc1ccc(-n2[nH]c(=O)nc2C)cc1. The van der Waals surface area contributed by atoms with Gasteiger partial charge in [-0.1, -0.05) is 0 Å². The Morgan fingerprint density at radius 2 is 2.00 bits per heavy atom. The number of ether oxygens (including phenoxy) is 1. The number of rotatable bonds is 2. The van der Waals surface area contributed by atoms with Crippen molar-refractivity contribution in [2.45, 2.75) is 6.92 Å². The van der Waals surface area contributed by atoms with Crippen molar-refractivity contribution in [3.05, 3.63) is 40.6 Å². The molecule has 1 aromatic heterocycles. The van der Waals surface area contributed by atoms with E-state index in [2.05, 4.69) is 10.1 Å². The molecule has 0 aliphatic heterocycles. The lowest BCUT2D eigenvalue weighted by Gasteiger charge is -2.04. The minimum atomic E-state index is -0.344. The maximum atomic E-state index is 11.0. The predicted molar refractivity (Wildman–Crippen MR) is 55.5 cm³/mol. The number of H-pyrrole nitrogens is 1. The van der Waals surface area contributed by atoms with Gasteiger partial charge in [0.1, 0.15) is 11.6 Å². The average Bonchev–Trinajstić information content (AvgIpc) is 2.58. The number of nitrogens with zero attached hydrogens (tertiary/aromatic N) is 2. The van der Waals surface area contributed by atoms with Gasteiger partial charge in [-0.25, -0.2) is 14.6 Å². The summed E-state index contributed by atoms with van der Waals surface area (Å²) in [6.45, 7) is 1.77. The molecule has 0 spiro atoms. The van der Waals surface area contributed by atoms with E-state index in [1.54, 1.807) is 18.7 Å². The van der Waals surface area contributed by atoms with E-state index in [4.69, 9.17) is 4.74 Å². The van der Waals surface area contributed by atoms with Crippen LogP contribution in [0.2, 0.25) is 0 Å². The minimum Gasteiger partial charge on any atom is -0.497 e. The molecule has 0 atom stereocenters. The zero-order valence-electron chi connectivity index (χ0n) is 8.52. The molecule has 0 aliphatic rings. The van der Waals surface area contributed by atoms with Crippen LogP contribution < -0.4 is 10.4 Å². The topological polar surface area (TPSA) is 59.9 Å². The largest absolute Gasteiger partial charge is 0.497 e. The molecular weight excluding hydrogens is 194 g/mol. The highest BCUT2D eigenvalue weighted by Crippen LogP contribution is 2.14. The van der Waals surface area contributed by atoms with Gasteiger partial charge in [0, 0.05) is 0 Å². The molecular formula is C10H11N3O2. The van der Waals surface area contributed by atoms with Crippen LogP contribution in [-0.2, 0) is 0 Å². The Kier molecular flexibility index (Phi) is 2.29. The van der Waals surface area contributed by atoms with Crippen molar-refractivity contribution < 1.29 is 4.74 Å². The number of methoxy groups -OCH3 is 1. The van der Waals surface area contributed by atoms with E-state index >= 15 is 0 Å². The Bertz CT molecular complexity index is 510. The smallest absolute Gasteiger partial charge is 0.361 e. The number of hydrogen-bond donors (Lipinski definition) is 1. The van der Waals surface area contributed by atoms with E-state index in [1.165, 1.54) is 0 Å². The van der Waals surface area contributed by atoms with Crippen molar-refractivity contribution >= 4 is 0 Å². The van der Waals surface area contributed by atoms with Gasteiger partial charge < -0.3 is 4.74 Å². The van der Waals surface area contributed by atoms with Gasteiger partial charge in [0.25, 0.3) is 0 Å². The monoisotopic (exact) mass is 205 g/mol. The molecule has 5 nitrogen and oxygen atoms in total. The van der Waals surface area contributed by atoms with Gasteiger partial charge in [-0.15, -0.1) is 0 Å². The minimum absolute atomic E-state index is 0.344. The second kappa shape index (κ2) is 3.61. The first-order valence-corrected chi connectivity index (χ1v) is 4.51. The van der Waals surface area contributed by atoms with Gasteiger partial charge >= 0.3 is 5.69 Å². The number of aromatic nitrogens is 3. The summed E-state index contributed by atoms with van der Waals surface area (Å²) in [6.07, 6.45) is 0. The van der Waals surface area contributed by atoms with E-state index in [0.717, 1.165) is 11.4 Å². The van der Waals surface area contributed by atoms with Crippen LogP contribution in [0.4, 0.5) is 0 Å². The van der Waals surface area contributed by atoms with Crippen molar-refractivity contribution in [1.82, 2.24) is 14.8 Å². The molecule has 0 bridgehead atoms. The summed E-state index contributed by atoms with van der Waals surface area (Å²) >= 11 is 0. The zero-order chi connectivity index (χ0) is 10.8. The van der Waals surface area contributed by atoms with Crippen molar-refractivity contribution in [3.63, 3.8) is 0 Å². The number of aryl methyl sites for hydroxylation is 1. The number of benzene rings is 1. The summed E-state index contributed by atoms with van der Waals surface area (Å²) in [4.78, 5) is 14.7. The Morgan fingerprint density at radius 3 is 2.47 bits per heavy atom. The Balaban J connectivity index is 2.45. The van der Waals surface area contributed by atoms with Crippen LogP contribution >= 0.6 is 0 Å². The van der Waals surface area contributed by atoms with Gasteiger partial charge in [0.05, 0.1) is 12.8 Å². The van der Waals surface area contributed by atoms with Gasteiger partial charge in [0.15, 0.2) is 0 Å². The van der Waals surface area contributed by atoms with E-state index in [-0.39, 0.29) is 5.69 Å². The normalized spacial score (nSPS) is 10.3. The van der Waals surface area contributed by atoms with E-state index < -0.39 is 0 Å². The number of aromatic amines is 1. The molecule has 2 aromatic rings. The molecule has 1 heterocycles. The average molecular weight is 205 g/mol. The number of nitrogens with one attached hydrogen (secondary N) is 1. The highest BCUT2D eigenvalue weighted by molar-refractivity contribution is 5.36. The quantitative estimate of drug-likeness (QED) is 0.791. The van der Waals surface area contributed by atoms with E-state index in [0.29, 0.717) is 5.82 Å². The highest BCUT2D eigenvalue weighted by Gasteiger charge is 2.03. The molecule has 0 fully saturated rings. The molecule has 0 saturated heterocycles. The van der Waals surface area contributed by atoms with E-state index in [9.17, 15) is 4.79 Å². The first-order chi connectivity index (χ1) is 7.20. The Hall–Kier alpha value is -2.04. The molecule has 5 heteroatoms. The summed E-state index contributed by atoms with van der Waals surface area (Å²) < 4.78 is 6.67. The van der Waals surface area contributed by atoms with Gasteiger partial charge in [-0.2, -0.15) is 4.98 Å². The number of hydrogen-bond acceptors (Lipinski definition) is 3. The maximum absolute atomic E-state index is 11.0. The van der Waals surface area contributed by atoms with Crippen LogP contribution in [0.3, 0.4) is 0 Å². The predicted octanol–water partition coefficient (Wildman–Crippen LogP) is 0.878. The van der Waals surface area contributed by atoms with Crippen molar-refractivity contribution in [1.29, 1.82) is 0 Å². The molecule has 0 unspecified atom stereocenters. The lowest BCUT2D eigenvalue weighted by atomic mass is 10.3. The van der Waals surface area contributed by atoms with Crippen LogP contribution in [0.1, 0.15) is 5.82 Å². The third kappa shape index (κ3) is 1.76. The third-order valence-corrected chi connectivity index (χ3v) is 2.13. The molecule has 0 radical (unpaired) electrons. The summed E-state index contributed by atoms with van der Waals surface area (Å²) in [6, 6.07) is 7.35. The molecule has 1 aromatic carbocycles. The first-order valence-electron chi connectivity index (χ1n) is 4.51. The van der Waals surface area contributed by atoms with Crippen LogP contribution in [0.15, 0.2) is 29.1 Å². The fourth-order valence-electron chi connectivity index (χ4n) is 1.38. The zero-order valence-corrected chi connectivity index (χ0v) is 8.52. The summed E-state index contributed by atoms with van der Waals surface area (Å²) in [5.41, 5.74) is 0.506. The van der Waals surface area contributed by atoms with Crippen molar-refractivity contribution in [2.24, 2.45) is 0 Å². The second-order valence-electron chi connectivity index (χ2n) is 3.11. The van der Waals surface area contributed by atoms with Crippen LogP contribution in [0, 0.1) is 6.92 Å². The maximum Gasteiger partial charge on any atom is 0.361 e. The van der Waals surface area contributed by atoms with Crippen LogP contribution in [0.5, 0.6) is 5.75 Å². The first kappa shape index (κ1) is 9.51. The molecule has 0 saturated carbocycles. The molecule has 15 heavy (non-hydrogen) atoms. The Labute approximate surface area is 86.3 Å². The summed E-state index contributed by atoms with van der Waals surface area (Å²) in [5, 5.41) is 2.61. The van der Waals surface area contributed by atoms with E-state index in [1.807, 2.05) is 24.3 Å². The van der Waals surface area contributed by atoms with Crippen molar-refractivity contribution in [2.75, 3.05) is 7.11 Å². The van der Waals surface area contributed by atoms with Gasteiger partial charge in [0.2, 0.25) is 0 Å². The molecule has 0 aliphatic carbocycles. The lowest BCUT2D eigenvalue weighted by Crippen LogP contribution is -2.05. The molecule has 2 rings (SSSR count). The van der Waals surface area contributed by atoms with Gasteiger partial charge in [-0.05, 0) is 31.2 Å². The fourth-order valence-corrected chi connectivity index (χ4v) is 1.38. The van der Waals surface area contributed by atoms with Crippen LogP contribution in [-0.4, -0.2) is 21.9 Å². The molecule has 1 N–H and O–H groups in total. The molecule has 78 valence electrons. The molecule has 0 amide bonds. The van der Waals surface area contributed by atoms with Crippen molar-refractivity contribution in [3.8, 4) is 11.4 Å². The summed E-state index contributed by atoms with van der Waals surface area (Å²) in [5.74, 6) is 1.41. The Morgan fingerprint density at radius 1 is 1.33 bits per heavy atom. The standard InChI is InChI=1S/C10H11N3O2/c1-7-11-10(14)12-13(7)8-3-5-9(15-2)6-4-8/h3-6H,1-2H3,(H,12,14). The van der Waals surface area contributed by atoms with Crippen LogP contribution in [0.25, 0.3) is 5.69 Å². The fraction of sp³-hybridized carbons (Fsp3) is 0.200. The lowest BCUT2D eigenvalue weighted by molar-refractivity contribution is 0.414.